The second-order valence-corrected chi connectivity index (χ2v) is 7.09. The number of amidine groups is 1. The number of hydrogen-bond donors (Lipinski definition) is 2. The van der Waals surface area contributed by atoms with Gasteiger partial charge in [0, 0.05) is 24.9 Å². The van der Waals surface area contributed by atoms with Crippen molar-refractivity contribution in [3.63, 3.8) is 0 Å². The van der Waals surface area contributed by atoms with Crippen molar-refractivity contribution in [2.24, 2.45) is 10.9 Å². The lowest BCUT2D eigenvalue weighted by Crippen LogP contribution is -2.30. The topological polar surface area (TPSA) is 96.0 Å². The zero-order valence-electron chi connectivity index (χ0n) is 9.62. The molecule has 0 radical (unpaired) electrons. The maximum atomic E-state index is 12.0. The Hall–Kier alpha value is -1.12. The van der Waals surface area contributed by atoms with Gasteiger partial charge in [-0.3, -0.25) is 0 Å². The van der Waals surface area contributed by atoms with E-state index in [0.29, 0.717) is 4.21 Å². The monoisotopic (exact) mass is 277 g/mol. The Bertz CT molecular complexity index is 507. The van der Waals surface area contributed by atoms with E-state index in [2.05, 4.69) is 5.16 Å². The third-order valence-electron chi connectivity index (χ3n) is 2.19. The number of thiophene rings is 1. The number of oxime groups is 1. The highest BCUT2D eigenvalue weighted by atomic mass is 32.2. The molecule has 0 aromatic carbocycles. The van der Waals surface area contributed by atoms with Crippen LogP contribution in [-0.2, 0) is 10.0 Å². The van der Waals surface area contributed by atoms with Gasteiger partial charge in [-0.1, -0.05) is 5.16 Å². The summed E-state index contributed by atoms with van der Waals surface area (Å²) in [6.45, 7) is 2.02. The van der Waals surface area contributed by atoms with Crippen LogP contribution in [0.2, 0.25) is 0 Å². The van der Waals surface area contributed by atoms with E-state index in [-0.39, 0.29) is 18.8 Å². The molecule has 96 valence electrons. The Morgan fingerprint density at radius 2 is 2.24 bits per heavy atom. The molecule has 1 aromatic rings. The summed E-state index contributed by atoms with van der Waals surface area (Å²) in [6.07, 6.45) is 0.191. The maximum absolute atomic E-state index is 12.0. The summed E-state index contributed by atoms with van der Waals surface area (Å²) in [7, 11) is -2.00. The van der Waals surface area contributed by atoms with Crippen molar-refractivity contribution in [3.8, 4) is 0 Å². The fraction of sp³-hybridized carbons (Fsp3) is 0.444. The molecule has 1 rings (SSSR count). The van der Waals surface area contributed by atoms with Crippen LogP contribution in [0.3, 0.4) is 0 Å². The summed E-state index contributed by atoms with van der Waals surface area (Å²) in [5, 5.41) is 11.2. The zero-order chi connectivity index (χ0) is 13.1. The number of sulfonamides is 1. The molecule has 0 fully saturated rings. The third-order valence-corrected chi connectivity index (χ3v) is 5.52. The summed E-state index contributed by atoms with van der Waals surface area (Å²) < 4.78 is 25.6. The lowest BCUT2D eigenvalue weighted by atomic mass is 10.4. The zero-order valence-corrected chi connectivity index (χ0v) is 11.3. The highest BCUT2D eigenvalue weighted by Crippen LogP contribution is 2.23. The first-order valence-corrected chi connectivity index (χ1v) is 7.12. The fourth-order valence-electron chi connectivity index (χ4n) is 1.15. The molecule has 17 heavy (non-hydrogen) atoms. The maximum Gasteiger partial charge on any atom is 0.252 e. The lowest BCUT2D eigenvalue weighted by Gasteiger charge is -2.15. The first kappa shape index (κ1) is 13.9. The molecule has 0 aliphatic carbocycles. The highest BCUT2D eigenvalue weighted by Gasteiger charge is 2.22. The molecule has 0 spiro atoms. The van der Waals surface area contributed by atoms with E-state index in [1.54, 1.807) is 12.1 Å². The minimum Gasteiger partial charge on any atom is -0.409 e. The third kappa shape index (κ3) is 3.42. The van der Waals surface area contributed by atoms with Gasteiger partial charge >= 0.3 is 0 Å². The molecular weight excluding hydrogens is 262 g/mol. The fourth-order valence-corrected chi connectivity index (χ4v) is 3.81. The first-order valence-electron chi connectivity index (χ1n) is 4.87. The molecule has 8 heteroatoms. The van der Waals surface area contributed by atoms with Gasteiger partial charge in [-0.2, -0.15) is 4.31 Å². The number of rotatable bonds is 5. The smallest absolute Gasteiger partial charge is 0.252 e. The Kier molecular flexibility index (Phi) is 4.49. The second kappa shape index (κ2) is 5.48. The van der Waals surface area contributed by atoms with E-state index in [0.717, 1.165) is 4.88 Å². The molecule has 0 saturated heterocycles. The van der Waals surface area contributed by atoms with Crippen LogP contribution in [0.4, 0.5) is 0 Å². The molecule has 0 unspecified atom stereocenters. The normalized spacial score (nSPS) is 13.2. The Morgan fingerprint density at radius 1 is 1.59 bits per heavy atom. The molecule has 1 aromatic heterocycles. The van der Waals surface area contributed by atoms with E-state index in [1.807, 2.05) is 6.92 Å². The van der Waals surface area contributed by atoms with Crippen LogP contribution in [0, 0.1) is 6.92 Å². The van der Waals surface area contributed by atoms with E-state index >= 15 is 0 Å². The van der Waals surface area contributed by atoms with Crippen LogP contribution in [0.15, 0.2) is 21.5 Å². The van der Waals surface area contributed by atoms with E-state index in [1.165, 1.54) is 22.7 Å². The van der Waals surface area contributed by atoms with Crippen molar-refractivity contribution in [1.29, 1.82) is 0 Å². The van der Waals surface area contributed by atoms with E-state index < -0.39 is 10.0 Å². The summed E-state index contributed by atoms with van der Waals surface area (Å²) in [6, 6.07) is 3.34. The molecule has 3 N–H and O–H groups in total. The molecule has 0 aliphatic heterocycles. The molecule has 0 saturated carbocycles. The number of nitrogens with zero attached hydrogens (tertiary/aromatic N) is 2. The van der Waals surface area contributed by atoms with E-state index in [4.69, 9.17) is 10.9 Å². The van der Waals surface area contributed by atoms with Crippen LogP contribution in [0.5, 0.6) is 0 Å². The van der Waals surface area contributed by atoms with Gasteiger partial charge in [-0.25, -0.2) is 8.42 Å². The van der Waals surface area contributed by atoms with Gasteiger partial charge < -0.3 is 10.9 Å². The van der Waals surface area contributed by atoms with Gasteiger partial charge in [0.25, 0.3) is 10.0 Å². The second-order valence-electron chi connectivity index (χ2n) is 3.53. The molecular formula is C9H15N3O3S2. The first-order chi connectivity index (χ1) is 7.87. The van der Waals surface area contributed by atoms with Crippen LogP contribution < -0.4 is 5.73 Å². The van der Waals surface area contributed by atoms with Gasteiger partial charge in [-0.15, -0.1) is 11.3 Å². The highest BCUT2D eigenvalue weighted by molar-refractivity contribution is 7.91. The van der Waals surface area contributed by atoms with Gasteiger partial charge in [0.15, 0.2) is 0 Å². The largest absolute Gasteiger partial charge is 0.409 e. The minimum atomic E-state index is -3.46. The standard InChI is InChI=1S/C9H15N3O3S2/c1-7-3-4-9(16-7)17(14,15)12(2)6-5-8(10)11-13/h3-4,13H,5-6H2,1-2H3,(H2,10,11). The predicted molar refractivity (Wildman–Crippen MR) is 66.9 cm³/mol. The van der Waals surface area contributed by atoms with Gasteiger partial charge in [0.05, 0.1) is 0 Å². The predicted octanol–water partition coefficient (Wildman–Crippen LogP) is 0.814. The molecule has 0 aliphatic rings. The van der Waals surface area contributed by atoms with Crippen molar-refractivity contribution >= 4 is 27.2 Å². The van der Waals surface area contributed by atoms with Crippen molar-refractivity contribution in [2.45, 2.75) is 17.6 Å². The van der Waals surface area contributed by atoms with Crippen molar-refractivity contribution in [1.82, 2.24) is 4.31 Å². The lowest BCUT2D eigenvalue weighted by molar-refractivity contribution is 0.316. The quantitative estimate of drug-likeness (QED) is 0.360. The molecule has 0 bridgehead atoms. The van der Waals surface area contributed by atoms with Crippen LogP contribution in [-0.4, -0.2) is 37.4 Å². The molecule has 1 heterocycles. The van der Waals surface area contributed by atoms with Gasteiger partial charge in [-0.05, 0) is 19.1 Å². The summed E-state index contributed by atoms with van der Waals surface area (Å²) >= 11 is 1.22. The Balaban J connectivity index is 2.78. The Morgan fingerprint density at radius 3 is 2.71 bits per heavy atom. The van der Waals surface area contributed by atoms with Gasteiger partial charge in [0.2, 0.25) is 0 Å². The average Bonchev–Trinajstić information content (AvgIpc) is 2.72. The van der Waals surface area contributed by atoms with Crippen LogP contribution in [0.1, 0.15) is 11.3 Å². The number of nitrogens with two attached hydrogens (primary N) is 1. The average molecular weight is 277 g/mol. The summed E-state index contributed by atoms with van der Waals surface area (Å²) in [5.41, 5.74) is 5.29. The van der Waals surface area contributed by atoms with Crippen molar-refractivity contribution in [2.75, 3.05) is 13.6 Å². The minimum absolute atomic E-state index is 0.00871. The van der Waals surface area contributed by atoms with Gasteiger partial charge in [0.1, 0.15) is 10.0 Å². The Labute approximate surface area is 104 Å². The number of hydrogen-bond acceptors (Lipinski definition) is 5. The van der Waals surface area contributed by atoms with Crippen LogP contribution >= 0.6 is 11.3 Å². The molecule has 0 atom stereocenters. The van der Waals surface area contributed by atoms with Crippen molar-refractivity contribution < 1.29 is 13.6 Å². The van der Waals surface area contributed by atoms with Crippen LogP contribution in [0.25, 0.3) is 0 Å². The van der Waals surface area contributed by atoms with Crippen molar-refractivity contribution in [3.05, 3.63) is 17.0 Å². The molecule has 0 amide bonds. The van der Waals surface area contributed by atoms with E-state index in [9.17, 15) is 8.42 Å². The summed E-state index contributed by atoms with van der Waals surface area (Å²) in [5.74, 6) is 0.00871. The number of aryl methyl sites for hydroxylation is 1. The molecule has 6 nitrogen and oxygen atoms in total. The summed E-state index contributed by atoms with van der Waals surface area (Å²) in [4.78, 5) is 0.938. The SMILES string of the molecule is Cc1ccc(S(=O)(=O)N(C)CC/C(N)=N/O)s1.